The Kier molecular flexibility index (Phi) is 6.10. The second-order valence-electron chi connectivity index (χ2n) is 5.80. The van der Waals surface area contributed by atoms with Crippen molar-refractivity contribution in [3.05, 3.63) is 110 Å². The van der Waals surface area contributed by atoms with Crippen LogP contribution < -0.4 is 15.7 Å². The summed E-state index contributed by atoms with van der Waals surface area (Å²) in [5.41, 5.74) is 3.59. The van der Waals surface area contributed by atoms with Gasteiger partial charge in [0.05, 0.1) is 21.3 Å². The molecule has 12 nitrogen and oxygen atoms in total. The molecule has 152 valence electrons. The summed E-state index contributed by atoms with van der Waals surface area (Å²) in [6.45, 7) is 0. The number of nitrogens with zero attached hydrogens (tertiary/aromatic N) is 6. The minimum Gasteiger partial charge on any atom is -0.356 e. The number of rotatable bonds is 4. The summed E-state index contributed by atoms with van der Waals surface area (Å²) in [7, 11) is 0. The number of anilines is 2. The number of nitro benzene ring substituents is 1. The van der Waals surface area contributed by atoms with Gasteiger partial charge in [0.2, 0.25) is 5.82 Å². The first kappa shape index (κ1) is 20.2. The van der Waals surface area contributed by atoms with E-state index in [0.29, 0.717) is 11.5 Å². The zero-order valence-electron chi connectivity index (χ0n) is 15.3. The summed E-state index contributed by atoms with van der Waals surface area (Å²) >= 11 is 0. The van der Waals surface area contributed by atoms with E-state index < -0.39 is 10.0 Å². The molecule has 3 aromatic rings. The van der Waals surface area contributed by atoms with Crippen molar-refractivity contribution in [3.8, 4) is 0 Å². The van der Waals surface area contributed by atoms with E-state index in [2.05, 4.69) is 10.1 Å². The molecule has 2 aromatic carbocycles. The van der Waals surface area contributed by atoms with Crippen molar-refractivity contribution in [3.63, 3.8) is 0 Å². The summed E-state index contributed by atoms with van der Waals surface area (Å²) in [6, 6.07) is 21.7. The summed E-state index contributed by atoms with van der Waals surface area (Å²) in [6.07, 6.45) is 1.71. The Morgan fingerprint density at radius 1 is 0.833 bits per heavy atom. The molecule has 0 unspecified atom stereocenters. The van der Waals surface area contributed by atoms with Gasteiger partial charge < -0.3 is 15.3 Å². The first-order chi connectivity index (χ1) is 14.5. The summed E-state index contributed by atoms with van der Waals surface area (Å²) in [4.78, 5) is 23.1. The second-order valence-corrected chi connectivity index (χ2v) is 5.80. The highest BCUT2D eigenvalue weighted by Crippen LogP contribution is 2.24. The molecule has 12 heteroatoms. The van der Waals surface area contributed by atoms with Gasteiger partial charge in [0.15, 0.2) is 0 Å². The standard InChI is InChI=1S/C18H14N6O2.NO3/c25-24(26)16-11-9-15(10-12-16)22-20-18(14-6-2-1-3-7-14)21-23(22)17-8-4-5-13-19-17;2-1(3)4/h1-13H,(H,20,21);/q;-1/p+1. The number of nitro groups is 1. The Morgan fingerprint density at radius 3 is 2.03 bits per heavy atom. The number of hydrogen-bond donors (Lipinski definition) is 1. The van der Waals surface area contributed by atoms with Crippen LogP contribution in [0.4, 0.5) is 17.2 Å². The van der Waals surface area contributed by atoms with Gasteiger partial charge in [-0.25, -0.2) is 4.98 Å². The molecular formula is C18H15N7O5. The maximum atomic E-state index is 10.9. The van der Waals surface area contributed by atoms with E-state index in [0.717, 1.165) is 11.4 Å². The average Bonchev–Trinajstić information content (AvgIpc) is 3.20. The molecule has 0 saturated carbocycles. The average molecular weight is 409 g/mol. The smallest absolute Gasteiger partial charge is 0.277 e. The third-order valence-corrected chi connectivity index (χ3v) is 3.90. The van der Waals surface area contributed by atoms with Crippen molar-refractivity contribution in [2.45, 2.75) is 0 Å². The molecule has 30 heavy (non-hydrogen) atoms. The molecule has 2 heterocycles. The van der Waals surface area contributed by atoms with Crippen LogP contribution >= 0.6 is 0 Å². The largest absolute Gasteiger partial charge is 0.356 e. The molecule has 2 N–H and O–H groups in total. The lowest BCUT2D eigenvalue weighted by atomic mass is 10.2. The molecular weight excluding hydrogens is 394 g/mol. The quantitative estimate of drug-likeness (QED) is 0.388. The number of hydrazine groups is 1. The van der Waals surface area contributed by atoms with Crippen molar-refractivity contribution >= 4 is 23.0 Å². The zero-order chi connectivity index (χ0) is 21.5. The summed E-state index contributed by atoms with van der Waals surface area (Å²) in [5.74, 6) is 1.47. The van der Waals surface area contributed by atoms with Crippen LogP contribution in [0.25, 0.3) is 0 Å². The van der Waals surface area contributed by atoms with Gasteiger partial charge >= 0.3 is 0 Å². The molecule has 0 atom stereocenters. The first-order valence-electron chi connectivity index (χ1n) is 8.51. The fraction of sp³-hybridized carbons (Fsp3) is 0. The number of hydrogen-bond acceptors (Lipinski definition) is 9. The molecule has 0 spiro atoms. The molecule has 0 aliphatic carbocycles. The van der Waals surface area contributed by atoms with Gasteiger partial charge in [-0.1, -0.05) is 34.5 Å². The molecule has 0 bridgehead atoms. The van der Waals surface area contributed by atoms with Crippen LogP contribution in [-0.4, -0.2) is 20.8 Å². The maximum absolute atomic E-state index is 10.9. The SMILES string of the molecule is O=[N+]([O-])[O-].O=[N+]([O-])c1ccc(N2N=C(c3ccccc3)[NH2+]N2c2ccccn2)cc1. The van der Waals surface area contributed by atoms with Crippen LogP contribution in [0.1, 0.15) is 5.56 Å². The Morgan fingerprint density at radius 2 is 1.47 bits per heavy atom. The zero-order valence-corrected chi connectivity index (χ0v) is 15.3. The molecule has 1 aliphatic rings. The van der Waals surface area contributed by atoms with Crippen molar-refractivity contribution in [1.29, 1.82) is 0 Å². The number of non-ortho nitro benzene ring substituents is 1. The second kappa shape index (κ2) is 9.07. The Balaban J connectivity index is 0.000000589. The molecule has 1 aliphatic heterocycles. The van der Waals surface area contributed by atoms with Crippen LogP contribution in [0.15, 0.2) is 84.1 Å². The number of nitrogens with two attached hydrogens (primary N) is 1. The number of amidine groups is 1. The fourth-order valence-corrected chi connectivity index (χ4v) is 2.63. The van der Waals surface area contributed by atoms with E-state index in [-0.39, 0.29) is 5.69 Å². The van der Waals surface area contributed by atoms with E-state index in [4.69, 9.17) is 15.3 Å². The lowest BCUT2D eigenvalue weighted by molar-refractivity contribution is -0.545. The number of hydrazone groups is 1. The minimum atomic E-state index is -1.75. The molecule has 0 radical (unpaired) electrons. The number of pyridine rings is 1. The minimum absolute atomic E-state index is 0.0357. The van der Waals surface area contributed by atoms with Crippen molar-refractivity contribution in [2.75, 3.05) is 10.2 Å². The van der Waals surface area contributed by atoms with Gasteiger partial charge in [-0.15, -0.1) is 5.12 Å². The van der Waals surface area contributed by atoms with Crippen LogP contribution in [0.2, 0.25) is 0 Å². The van der Waals surface area contributed by atoms with E-state index in [1.165, 1.54) is 12.1 Å². The number of quaternary nitrogens is 1. The molecule has 1 aromatic heterocycles. The monoisotopic (exact) mass is 409 g/mol. The van der Waals surface area contributed by atoms with Crippen LogP contribution in [-0.2, 0) is 0 Å². The van der Waals surface area contributed by atoms with Crippen molar-refractivity contribution in [2.24, 2.45) is 5.10 Å². The van der Waals surface area contributed by atoms with E-state index >= 15 is 0 Å². The van der Waals surface area contributed by atoms with E-state index in [1.807, 2.05) is 59.1 Å². The lowest BCUT2D eigenvalue weighted by Gasteiger charge is -2.22. The van der Waals surface area contributed by atoms with Crippen LogP contribution in [0.5, 0.6) is 0 Å². The van der Waals surface area contributed by atoms with Gasteiger partial charge in [-0.2, -0.15) is 5.43 Å². The Hall–Kier alpha value is -4.58. The Bertz CT molecular complexity index is 1040. The topological polar surface area (TPSA) is 158 Å². The van der Waals surface area contributed by atoms with E-state index in [1.54, 1.807) is 23.4 Å². The normalized spacial score (nSPS) is 12.6. The van der Waals surface area contributed by atoms with Gasteiger partial charge in [0.1, 0.15) is 0 Å². The summed E-state index contributed by atoms with van der Waals surface area (Å²) < 4.78 is 0. The molecule has 0 fully saturated rings. The van der Waals surface area contributed by atoms with Gasteiger partial charge in [0.25, 0.3) is 11.5 Å². The van der Waals surface area contributed by atoms with Crippen LogP contribution in [0.3, 0.4) is 0 Å². The third kappa shape index (κ3) is 4.82. The maximum Gasteiger partial charge on any atom is 0.277 e. The molecule has 0 saturated heterocycles. The fourth-order valence-electron chi connectivity index (χ4n) is 2.63. The van der Waals surface area contributed by atoms with E-state index in [9.17, 15) is 10.1 Å². The summed E-state index contributed by atoms with van der Waals surface area (Å²) in [5, 5.41) is 33.8. The predicted octanol–water partition coefficient (Wildman–Crippen LogP) is 1.83. The van der Waals surface area contributed by atoms with Crippen LogP contribution in [0, 0.1) is 25.4 Å². The van der Waals surface area contributed by atoms with Gasteiger partial charge in [0, 0.05) is 18.3 Å². The number of aromatic nitrogens is 1. The molecule has 0 amide bonds. The van der Waals surface area contributed by atoms with Crippen molar-refractivity contribution in [1.82, 2.24) is 4.98 Å². The predicted molar refractivity (Wildman–Crippen MR) is 108 cm³/mol. The third-order valence-electron chi connectivity index (χ3n) is 3.90. The Labute approximate surface area is 169 Å². The first-order valence-corrected chi connectivity index (χ1v) is 8.51. The van der Waals surface area contributed by atoms with Crippen molar-refractivity contribution < 1.29 is 15.4 Å². The highest BCUT2D eigenvalue weighted by molar-refractivity contribution is 5.93. The number of benzene rings is 2. The van der Waals surface area contributed by atoms with Gasteiger partial charge in [-0.3, -0.25) is 10.1 Å². The van der Waals surface area contributed by atoms with Gasteiger partial charge in [-0.05, 0) is 36.4 Å². The highest BCUT2D eigenvalue weighted by Gasteiger charge is 2.32. The highest BCUT2D eigenvalue weighted by atomic mass is 16.9. The lowest BCUT2D eigenvalue weighted by Crippen LogP contribution is -2.96. The molecule has 4 rings (SSSR count).